The number of hydrogen-bond donors (Lipinski definition) is 0. The fourth-order valence-electron chi connectivity index (χ4n) is 10.5. The van der Waals surface area contributed by atoms with Crippen LogP contribution in [-0.2, 0) is 0 Å². The van der Waals surface area contributed by atoms with Crippen LogP contribution in [0.2, 0.25) is 0 Å². The average molecular weight is 802 g/mol. The van der Waals surface area contributed by atoms with Crippen molar-refractivity contribution in [2.24, 2.45) is 0 Å². The first kappa shape index (κ1) is 42.6. The molecule has 0 aliphatic heterocycles. The number of benzene rings is 2. The molecule has 0 amide bonds. The number of aryl methyl sites for hydroxylation is 6. The maximum Gasteiger partial charge on any atom is 0.136 e. The maximum atomic E-state index is 6.70. The Balaban J connectivity index is 0.000000155. The summed E-state index contributed by atoms with van der Waals surface area (Å²) >= 11 is 6.70. The number of imidazole rings is 2. The van der Waals surface area contributed by atoms with E-state index in [1.807, 2.05) is 12.5 Å². The lowest BCUT2D eigenvalue weighted by Gasteiger charge is -2.38. The van der Waals surface area contributed by atoms with Crippen molar-refractivity contribution < 1.29 is 0 Å². The standard InChI is InChI=1S/C24H35N2P.C12H22ClP.C12H14N2/c1-18-16-19(2)23(20(3)17-18)26-15-14-25-24(26)27(21-10-6-4-7-11-21)22-12-8-5-9-13-22;13-14(11-7-3-1-4-8-11)12-9-5-2-6-10-12;1-9-6-10(2)12(11(3)7-9)14-5-4-13-8-14/h14-17,21-22H,4-13H2,1-3H3;11-12H,1-10H2;4-8H,1-3H3. The molecule has 2 heterocycles. The molecule has 0 saturated heterocycles. The quantitative estimate of drug-likeness (QED) is 0.175. The van der Waals surface area contributed by atoms with Crippen molar-refractivity contribution in [3.8, 4) is 11.4 Å². The van der Waals surface area contributed by atoms with Crippen molar-refractivity contribution in [2.75, 3.05) is 0 Å². The highest BCUT2D eigenvalue weighted by Gasteiger charge is 2.35. The van der Waals surface area contributed by atoms with E-state index in [9.17, 15) is 0 Å². The molecule has 2 aromatic carbocycles. The smallest absolute Gasteiger partial charge is 0.136 e. The van der Waals surface area contributed by atoms with Gasteiger partial charge in [0.05, 0.1) is 17.7 Å². The van der Waals surface area contributed by atoms with Gasteiger partial charge in [0, 0.05) is 24.8 Å². The van der Waals surface area contributed by atoms with E-state index in [0.29, 0.717) is 0 Å². The monoisotopic (exact) mass is 800 g/mol. The van der Waals surface area contributed by atoms with Crippen LogP contribution in [0.4, 0.5) is 0 Å². The molecule has 7 heteroatoms. The van der Waals surface area contributed by atoms with E-state index >= 15 is 0 Å². The van der Waals surface area contributed by atoms with Crippen molar-refractivity contribution in [3.05, 3.63) is 88.8 Å². The minimum Gasteiger partial charge on any atom is -0.306 e. The molecule has 4 nitrogen and oxygen atoms in total. The molecule has 4 aliphatic rings. The molecular weight excluding hydrogens is 730 g/mol. The van der Waals surface area contributed by atoms with Crippen LogP contribution < -0.4 is 5.57 Å². The fourth-order valence-corrected chi connectivity index (χ4v) is 17.7. The highest BCUT2D eigenvalue weighted by Crippen LogP contribution is 2.59. The average Bonchev–Trinajstić information content (AvgIpc) is 3.90. The second kappa shape index (κ2) is 21.1. The van der Waals surface area contributed by atoms with E-state index in [4.69, 9.17) is 16.2 Å². The van der Waals surface area contributed by atoms with Crippen LogP contribution in [0.3, 0.4) is 0 Å². The Hall–Kier alpha value is -1.99. The third-order valence-electron chi connectivity index (χ3n) is 12.9. The Bertz CT molecular complexity index is 1660. The van der Waals surface area contributed by atoms with Gasteiger partial charge in [-0.25, -0.2) is 9.97 Å². The van der Waals surface area contributed by atoms with E-state index in [-0.39, 0.29) is 15.2 Å². The topological polar surface area (TPSA) is 35.6 Å². The minimum atomic E-state index is -0.180. The summed E-state index contributed by atoms with van der Waals surface area (Å²) in [5, 5.41) is 0. The van der Waals surface area contributed by atoms with Crippen molar-refractivity contribution in [1.29, 1.82) is 0 Å². The summed E-state index contributed by atoms with van der Waals surface area (Å²) in [4.78, 5) is 9.11. The molecule has 4 fully saturated rings. The van der Waals surface area contributed by atoms with Gasteiger partial charge in [-0.1, -0.05) is 124 Å². The predicted octanol–water partition coefficient (Wildman–Crippen LogP) is 14.7. The molecule has 0 bridgehead atoms. The van der Waals surface area contributed by atoms with Crippen LogP contribution in [0.15, 0.2) is 55.4 Å². The lowest BCUT2D eigenvalue weighted by molar-refractivity contribution is 0.486. The normalized spacial score (nSPS) is 19.2. The Morgan fingerprint density at radius 1 is 0.509 bits per heavy atom. The van der Waals surface area contributed by atoms with Crippen LogP contribution >= 0.6 is 26.4 Å². The predicted molar refractivity (Wildman–Crippen MR) is 242 cm³/mol. The summed E-state index contributed by atoms with van der Waals surface area (Å²) in [6.07, 6.45) is 38.7. The summed E-state index contributed by atoms with van der Waals surface area (Å²) in [5.41, 5.74) is 15.7. The van der Waals surface area contributed by atoms with Crippen LogP contribution in [-0.4, -0.2) is 41.7 Å². The lowest BCUT2D eigenvalue weighted by Crippen LogP contribution is -2.31. The molecule has 0 atom stereocenters. The molecule has 0 radical (unpaired) electrons. The Morgan fingerprint density at radius 2 is 0.909 bits per heavy atom. The SMILES string of the molecule is Cc1cc(C)c(-n2ccnc2)c(C)c1.Cc1cc(C)c(-n2ccnc2P(C2CCCCC2)C2CCCCC2)c(C)c1.ClP(C1CCCCC1)C1CCCCC1. The van der Waals surface area contributed by atoms with E-state index in [1.165, 1.54) is 179 Å². The molecule has 4 saturated carbocycles. The number of aromatic nitrogens is 4. The number of nitrogens with zero attached hydrogens (tertiary/aromatic N) is 4. The Labute approximate surface area is 342 Å². The summed E-state index contributed by atoms with van der Waals surface area (Å²) in [6, 6.07) is 9.05. The summed E-state index contributed by atoms with van der Waals surface area (Å²) < 4.78 is 4.54. The summed E-state index contributed by atoms with van der Waals surface area (Å²) in [7, 11) is -0.325. The number of halogens is 1. The zero-order valence-corrected chi connectivity index (χ0v) is 37.8. The lowest BCUT2D eigenvalue weighted by atomic mass is 9.99. The Morgan fingerprint density at radius 3 is 1.31 bits per heavy atom. The van der Waals surface area contributed by atoms with E-state index in [0.717, 1.165) is 22.6 Å². The molecular formula is C48H71ClN4P2. The van der Waals surface area contributed by atoms with Gasteiger partial charge >= 0.3 is 0 Å². The molecule has 2 aromatic heterocycles. The minimum absolute atomic E-state index is 0.145. The van der Waals surface area contributed by atoms with E-state index < -0.39 is 0 Å². The fraction of sp³-hybridized carbons (Fsp3) is 0.625. The zero-order chi connectivity index (χ0) is 38.7. The van der Waals surface area contributed by atoms with Gasteiger partial charge in [0.25, 0.3) is 0 Å². The van der Waals surface area contributed by atoms with Crippen LogP contribution in [0.1, 0.15) is 162 Å². The highest BCUT2D eigenvalue weighted by atomic mass is 35.7. The molecule has 0 spiro atoms. The van der Waals surface area contributed by atoms with Gasteiger partial charge < -0.3 is 4.57 Å². The number of hydrogen-bond acceptors (Lipinski definition) is 2. The molecule has 55 heavy (non-hydrogen) atoms. The second-order valence-corrected chi connectivity index (χ2v) is 23.5. The first-order chi connectivity index (χ1) is 26.7. The second-order valence-electron chi connectivity index (χ2n) is 17.5. The summed E-state index contributed by atoms with van der Waals surface area (Å²) in [5.74, 6) is 0. The van der Waals surface area contributed by atoms with Crippen molar-refractivity contribution in [1.82, 2.24) is 19.1 Å². The van der Waals surface area contributed by atoms with Crippen LogP contribution in [0, 0.1) is 41.5 Å². The van der Waals surface area contributed by atoms with Gasteiger partial charge in [0.2, 0.25) is 0 Å². The molecule has 4 aliphatic carbocycles. The van der Waals surface area contributed by atoms with Gasteiger partial charge in [-0.3, -0.25) is 4.57 Å². The van der Waals surface area contributed by atoms with Crippen LogP contribution in [0.5, 0.6) is 0 Å². The molecule has 0 unspecified atom stereocenters. The first-order valence-corrected chi connectivity index (χ1v) is 26.0. The third kappa shape index (κ3) is 11.4. The molecule has 300 valence electrons. The van der Waals surface area contributed by atoms with Gasteiger partial charge in [0.1, 0.15) is 5.57 Å². The van der Waals surface area contributed by atoms with Gasteiger partial charge in [0.15, 0.2) is 0 Å². The van der Waals surface area contributed by atoms with E-state index in [1.54, 1.807) is 6.20 Å². The van der Waals surface area contributed by atoms with E-state index in [2.05, 4.69) is 92.3 Å². The van der Waals surface area contributed by atoms with Gasteiger partial charge in [-0.2, -0.15) is 0 Å². The molecule has 8 rings (SSSR count). The summed E-state index contributed by atoms with van der Waals surface area (Å²) in [6.45, 7) is 13.1. The third-order valence-corrected chi connectivity index (χ3v) is 20.4. The van der Waals surface area contributed by atoms with Crippen molar-refractivity contribution >= 4 is 32.0 Å². The first-order valence-electron chi connectivity index (χ1n) is 22.1. The molecule has 0 N–H and O–H groups in total. The Kier molecular flexibility index (Phi) is 16.4. The van der Waals surface area contributed by atoms with Gasteiger partial charge in [-0.05, 0) is 153 Å². The number of rotatable bonds is 7. The van der Waals surface area contributed by atoms with Crippen molar-refractivity contribution in [2.45, 2.75) is 193 Å². The van der Waals surface area contributed by atoms with Crippen molar-refractivity contribution in [3.63, 3.8) is 0 Å². The molecule has 4 aromatic rings. The maximum absolute atomic E-state index is 6.70. The highest BCUT2D eigenvalue weighted by molar-refractivity contribution is 7.85. The van der Waals surface area contributed by atoms with Gasteiger partial charge in [-0.15, -0.1) is 0 Å². The largest absolute Gasteiger partial charge is 0.306 e. The van der Waals surface area contributed by atoms with Crippen LogP contribution in [0.25, 0.3) is 11.4 Å². The zero-order valence-electron chi connectivity index (χ0n) is 35.2.